The quantitative estimate of drug-likeness (QED) is 0.824. The Morgan fingerprint density at radius 2 is 2.00 bits per heavy atom. The maximum Gasteiger partial charge on any atom is 0.573 e. The summed E-state index contributed by atoms with van der Waals surface area (Å²) >= 11 is 2.86. The van der Waals surface area contributed by atoms with Crippen LogP contribution in [0.1, 0.15) is 10.4 Å². The highest BCUT2D eigenvalue weighted by Crippen LogP contribution is 2.34. The number of anilines is 1. The molecule has 3 N–H and O–H groups in total. The molecule has 4 nitrogen and oxygen atoms in total. The van der Waals surface area contributed by atoms with Gasteiger partial charge in [0.15, 0.2) is 5.75 Å². The van der Waals surface area contributed by atoms with Crippen LogP contribution in [0.5, 0.6) is 5.75 Å². The van der Waals surface area contributed by atoms with E-state index in [1.165, 1.54) is 0 Å². The molecule has 0 fully saturated rings. The highest BCUT2D eigenvalue weighted by atomic mass is 79.9. The number of alkyl halides is 3. The number of aromatic carboxylic acids is 1. The number of carboxylic acid groups (broad SMARTS) is 1. The fourth-order valence-electron chi connectivity index (χ4n) is 1.00. The summed E-state index contributed by atoms with van der Waals surface area (Å²) in [5, 5.41) is 8.72. The largest absolute Gasteiger partial charge is 0.573 e. The highest BCUT2D eigenvalue weighted by molar-refractivity contribution is 9.10. The van der Waals surface area contributed by atoms with Crippen LogP contribution in [0, 0.1) is 0 Å². The number of halogens is 4. The summed E-state index contributed by atoms with van der Waals surface area (Å²) < 4.78 is 39.4. The normalized spacial score (nSPS) is 11.2. The molecule has 0 heterocycles. The van der Waals surface area contributed by atoms with E-state index < -0.39 is 29.3 Å². The molecule has 0 spiro atoms. The van der Waals surface area contributed by atoms with Gasteiger partial charge < -0.3 is 15.6 Å². The Kier molecular flexibility index (Phi) is 3.32. The summed E-state index contributed by atoms with van der Waals surface area (Å²) in [7, 11) is 0. The minimum absolute atomic E-state index is 0.0759. The molecule has 0 unspecified atom stereocenters. The first kappa shape index (κ1) is 12.6. The monoisotopic (exact) mass is 299 g/mol. The summed E-state index contributed by atoms with van der Waals surface area (Å²) in [6, 6.07) is 2.04. The Bertz CT molecular complexity index is 433. The number of nitrogen functional groups attached to an aromatic ring is 1. The van der Waals surface area contributed by atoms with Gasteiger partial charge in [0, 0.05) is 4.47 Å². The molecule has 1 rings (SSSR count). The molecular formula is C8H5BrF3NO3. The van der Waals surface area contributed by atoms with E-state index in [0.29, 0.717) is 0 Å². The first-order valence-electron chi connectivity index (χ1n) is 3.79. The summed E-state index contributed by atoms with van der Waals surface area (Å²) in [6.07, 6.45) is -4.92. The Hall–Kier alpha value is -1.44. The van der Waals surface area contributed by atoms with Gasteiger partial charge in [-0.1, -0.05) is 0 Å². The summed E-state index contributed by atoms with van der Waals surface area (Å²) in [6.45, 7) is 0. The molecule has 16 heavy (non-hydrogen) atoms. The lowest BCUT2D eigenvalue weighted by Crippen LogP contribution is -2.19. The molecule has 1 aromatic carbocycles. The van der Waals surface area contributed by atoms with E-state index in [0.717, 1.165) is 12.1 Å². The summed E-state index contributed by atoms with van der Waals surface area (Å²) in [5.41, 5.74) is 4.20. The first-order valence-corrected chi connectivity index (χ1v) is 4.58. The van der Waals surface area contributed by atoms with Crippen LogP contribution < -0.4 is 10.5 Å². The first-order chi connectivity index (χ1) is 7.22. The third-order valence-corrected chi connectivity index (χ3v) is 2.26. The van der Waals surface area contributed by atoms with Crippen LogP contribution in [-0.2, 0) is 0 Å². The maximum atomic E-state index is 11.9. The molecule has 0 bridgehead atoms. The van der Waals surface area contributed by atoms with Gasteiger partial charge in [0.25, 0.3) is 0 Å². The third-order valence-electron chi connectivity index (χ3n) is 1.59. The van der Waals surface area contributed by atoms with E-state index in [9.17, 15) is 18.0 Å². The lowest BCUT2D eigenvalue weighted by atomic mass is 10.1. The van der Waals surface area contributed by atoms with Crippen molar-refractivity contribution in [3.63, 3.8) is 0 Å². The van der Waals surface area contributed by atoms with Gasteiger partial charge in [0.05, 0.1) is 5.69 Å². The van der Waals surface area contributed by atoms with Crippen molar-refractivity contribution in [3.8, 4) is 5.75 Å². The maximum absolute atomic E-state index is 11.9. The van der Waals surface area contributed by atoms with E-state index in [1.807, 2.05) is 0 Å². The van der Waals surface area contributed by atoms with E-state index in [4.69, 9.17) is 10.8 Å². The van der Waals surface area contributed by atoms with Gasteiger partial charge in [0.2, 0.25) is 0 Å². The molecule has 0 amide bonds. The Labute approximate surface area is 95.9 Å². The molecule has 8 heteroatoms. The SMILES string of the molecule is Nc1c(OC(F)(F)F)ccc(Br)c1C(=O)O. The Morgan fingerprint density at radius 1 is 1.44 bits per heavy atom. The lowest BCUT2D eigenvalue weighted by molar-refractivity contribution is -0.274. The van der Waals surface area contributed by atoms with Crippen molar-refractivity contribution in [2.24, 2.45) is 0 Å². The zero-order valence-corrected chi connectivity index (χ0v) is 9.09. The molecule has 0 radical (unpaired) electrons. The van der Waals surface area contributed by atoms with Gasteiger partial charge in [-0.25, -0.2) is 4.79 Å². The average molecular weight is 300 g/mol. The fourth-order valence-corrected chi connectivity index (χ4v) is 1.52. The second-order valence-corrected chi connectivity index (χ2v) is 3.54. The van der Waals surface area contributed by atoms with Crippen molar-refractivity contribution in [2.75, 3.05) is 5.73 Å². The van der Waals surface area contributed by atoms with Crippen LogP contribution in [0.15, 0.2) is 16.6 Å². The van der Waals surface area contributed by atoms with E-state index in [-0.39, 0.29) is 4.47 Å². The van der Waals surface area contributed by atoms with E-state index in [2.05, 4.69) is 20.7 Å². The van der Waals surface area contributed by atoms with Gasteiger partial charge in [-0.3, -0.25) is 0 Å². The van der Waals surface area contributed by atoms with Crippen LogP contribution in [0.25, 0.3) is 0 Å². The Balaban J connectivity index is 3.24. The molecule has 0 aliphatic heterocycles. The molecule has 0 aliphatic rings. The zero-order valence-electron chi connectivity index (χ0n) is 7.51. The van der Waals surface area contributed by atoms with Crippen LogP contribution in [0.2, 0.25) is 0 Å². The number of carbonyl (C=O) groups is 1. The standard InChI is InChI=1S/C8H5BrF3NO3/c9-3-1-2-4(16-8(10,11)12)6(13)5(3)7(14)15/h1-2H,13H2,(H,14,15). The zero-order chi connectivity index (χ0) is 12.5. The van der Waals surface area contributed by atoms with Gasteiger partial charge in [-0.2, -0.15) is 0 Å². The number of benzene rings is 1. The molecule has 0 saturated carbocycles. The number of rotatable bonds is 2. The number of hydrogen-bond donors (Lipinski definition) is 2. The van der Waals surface area contributed by atoms with Crippen molar-refractivity contribution in [1.82, 2.24) is 0 Å². The van der Waals surface area contributed by atoms with Crippen molar-refractivity contribution in [3.05, 3.63) is 22.2 Å². The number of nitrogens with two attached hydrogens (primary N) is 1. The van der Waals surface area contributed by atoms with Gasteiger partial charge >= 0.3 is 12.3 Å². The van der Waals surface area contributed by atoms with Crippen LogP contribution >= 0.6 is 15.9 Å². The molecule has 1 aromatic rings. The van der Waals surface area contributed by atoms with Crippen molar-refractivity contribution >= 4 is 27.6 Å². The topological polar surface area (TPSA) is 72.5 Å². The summed E-state index contributed by atoms with van der Waals surface area (Å²) in [4.78, 5) is 10.7. The molecule has 0 aromatic heterocycles. The van der Waals surface area contributed by atoms with Gasteiger partial charge in [-0.15, -0.1) is 13.2 Å². The predicted octanol–water partition coefficient (Wildman–Crippen LogP) is 2.63. The van der Waals surface area contributed by atoms with Crippen molar-refractivity contribution in [1.29, 1.82) is 0 Å². The van der Waals surface area contributed by atoms with Gasteiger partial charge in [-0.05, 0) is 28.1 Å². The predicted molar refractivity (Wildman–Crippen MR) is 52.2 cm³/mol. The minimum atomic E-state index is -4.92. The lowest BCUT2D eigenvalue weighted by Gasteiger charge is -2.13. The number of ether oxygens (including phenoxy) is 1. The van der Waals surface area contributed by atoms with E-state index >= 15 is 0 Å². The van der Waals surface area contributed by atoms with Crippen LogP contribution in [0.3, 0.4) is 0 Å². The number of carboxylic acids is 1. The average Bonchev–Trinajstić information content (AvgIpc) is 2.07. The molecule has 88 valence electrons. The minimum Gasteiger partial charge on any atom is -0.478 e. The van der Waals surface area contributed by atoms with Crippen molar-refractivity contribution < 1.29 is 27.8 Å². The van der Waals surface area contributed by atoms with E-state index in [1.54, 1.807) is 0 Å². The van der Waals surface area contributed by atoms with Crippen molar-refractivity contribution in [2.45, 2.75) is 6.36 Å². The number of hydrogen-bond acceptors (Lipinski definition) is 3. The Morgan fingerprint density at radius 3 is 2.44 bits per heavy atom. The van der Waals surface area contributed by atoms with Crippen LogP contribution in [0.4, 0.5) is 18.9 Å². The second-order valence-electron chi connectivity index (χ2n) is 2.69. The van der Waals surface area contributed by atoms with Gasteiger partial charge in [0.1, 0.15) is 5.56 Å². The smallest absolute Gasteiger partial charge is 0.478 e. The molecule has 0 saturated heterocycles. The fraction of sp³-hybridized carbons (Fsp3) is 0.125. The molecular weight excluding hydrogens is 295 g/mol. The van der Waals surface area contributed by atoms with Crippen LogP contribution in [-0.4, -0.2) is 17.4 Å². The third kappa shape index (κ3) is 2.78. The molecule has 0 atom stereocenters. The summed E-state index contributed by atoms with van der Waals surface area (Å²) in [5.74, 6) is -2.19. The molecule has 0 aliphatic carbocycles. The highest BCUT2D eigenvalue weighted by Gasteiger charge is 2.33. The second kappa shape index (κ2) is 4.20.